The minimum absolute atomic E-state index is 0.0112. The average molecular weight is 448 g/mol. The van der Waals surface area contributed by atoms with E-state index in [1.165, 1.54) is 11.1 Å². The smallest absolute Gasteiger partial charge is 0.257 e. The van der Waals surface area contributed by atoms with Crippen molar-refractivity contribution in [1.29, 1.82) is 0 Å². The summed E-state index contributed by atoms with van der Waals surface area (Å²) in [6.07, 6.45) is 1.92. The van der Waals surface area contributed by atoms with Crippen LogP contribution in [0.3, 0.4) is 0 Å². The van der Waals surface area contributed by atoms with Gasteiger partial charge in [0.15, 0.2) is 6.61 Å². The van der Waals surface area contributed by atoms with E-state index < -0.39 is 0 Å². The quantitative estimate of drug-likeness (QED) is 0.489. The monoisotopic (exact) mass is 447 g/mol. The fraction of sp³-hybridized carbons (Fsp3) is 0.435. The van der Waals surface area contributed by atoms with Crippen LogP contribution in [0.25, 0.3) is 0 Å². The van der Waals surface area contributed by atoms with E-state index in [-0.39, 0.29) is 18.6 Å². The molecule has 152 valence electrons. The van der Waals surface area contributed by atoms with Crippen LogP contribution in [0.5, 0.6) is 11.5 Å². The fourth-order valence-electron chi connectivity index (χ4n) is 2.75. The number of nitrogens with one attached hydrogen (secondary N) is 1. The van der Waals surface area contributed by atoms with Crippen molar-refractivity contribution in [2.75, 3.05) is 13.2 Å². The van der Waals surface area contributed by atoms with Gasteiger partial charge in [0.2, 0.25) is 0 Å². The van der Waals surface area contributed by atoms with E-state index in [9.17, 15) is 4.79 Å². The Morgan fingerprint density at radius 2 is 1.89 bits per heavy atom. The van der Waals surface area contributed by atoms with Crippen LogP contribution in [0.1, 0.15) is 51.2 Å². The third-order valence-corrected chi connectivity index (χ3v) is 4.84. The van der Waals surface area contributed by atoms with Gasteiger partial charge >= 0.3 is 0 Å². The SMILES string of the molecule is CC(C)Oc1cccc(CCCNC(=O)COc2ccc(C(C)C)cc2Br)c1. The first-order valence-corrected chi connectivity index (χ1v) is 10.6. The van der Waals surface area contributed by atoms with Gasteiger partial charge in [0, 0.05) is 6.54 Å². The van der Waals surface area contributed by atoms with Gasteiger partial charge in [-0.1, -0.05) is 32.0 Å². The molecule has 0 aliphatic carbocycles. The molecule has 0 radical (unpaired) electrons. The molecule has 0 unspecified atom stereocenters. The first-order valence-electron chi connectivity index (χ1n) is 9.79. The van der Waals surface area contributed by atoms with Crippen LogP contribution >= 0.6 is 15.9 Å². The van der Waals surface area contributed by atoms with Crippen molar-refractivity contribution in [2.45, 2.75) is 52.6 Å². The summed E-state index contributed by atoms with van der Waals surface area (Å²) in [6, 6.07) is 14.1. The molecular weight excluding hydrogens is 418 g/mol. The van der Waals surface area contributed by atoms with E-state index in [2.05, 4.69) is 47.2 Å². The maximum Gasteiger partial charge on any atom is 0.257 e. The van der Waals surface area contributed by atoms with E-state index in [0.717, 1.165) is 23.1 Å². The highest BCUT2D eigenvalue weighted by molar-refractivity contribution is 9.10. The molecule has 2 aromatic carbocycles. The Morgan fingerprint density at radius 3 is 2.57 bits per heavy atom. The fourth-order valence-corrected chi connectivity index (χ4v) is 3.27. The lowest BCUT2D eigenvalue weighted by Crippen LogP contribution is -2.30. The Balaban J connectivity index is 1.70. The highest BCUT2D eigenvalue weighted by Crippen LogP contribution is 2.28. The molecule has 0 bridgehead atoms. The summed E-state index contributed by atoms with van der Waals surface area (Å²) in [5.74, 6) is 1.91. The molecule has 1 amide bonds. The predicted molar refractivity (Wildman–Crippen MR) is 117 cm³/mol. The molecule has 0 heterocycles. The molecule has 0 aliphatic heterocycles. The Bertz CT molecular complexity index is 774. The van der Waals surface area contributed by atoms with Gasteiger partial charge in [-0.2, -0.15) is 0 Å². The zero-order valence-electron chi connectivity index (χ0n) is 17.1. The maximum absolute atomic E-state index is 12.0. The third-order valence-electron chi connectivity index (χ3n) is 4.22. The van der Waals surface area contributed by atoms with Crippen molar-refractivity contribution in [3.63, 3.8) is 0 Å². The molecule has 2 rings (SSSR count). The molecule has 28 heavy (non-hydrogen) atoms. The Hall–Kier alpha value is -2.01. The van der Waals surface area contributed by atoms with Gasteiger partial charge in [-0.25, -0.2) is 0 Å². The first-order chi connectivity index (χ1) is 13.3. The number of hydrogen-bond acceptors (Lipinski definition) is 3. The summed E-state index contributed by atoms with van der Waals surface area (Å²) in [5.41, 5.74) is 2.43. The number of halogens is 1. The number of benzene rings is 2. The van der Waals surface area contributed by atoms with Gasteiger partial charge in [0.05, 0.1) is 10.6 Å². The lowest BCUT2D eigenvalue weighted by molar-refractivity contribution is -0.123. The van der Waals surface area contributed by atoms with Crippen LogP contribution in [0, 0.1) is 0 Å². The highest BCUT2D eigenvalue weighted by Gasteiger charge is 2.08. The first kappa shape index (κ1) is 22.3. The molecule has 0 aliphatic rings. The van der Waals surface area contributed by atoms with Crippen LogP contribution < -0.4 is 14.8 Å². The largest absolute Gasteiger partial charge is 0.491 e. The topological polar surface area (TPSA) is 47.6 Å². The molecule has 0 aromatic heterocycles. The number of amides is 1. The summed E-state index contributed by atoms with van der Waals surface area (Å²) in [6.45, 7) is 8.94. The molecule has 0 saturated carbocycles. The second-order valence-corrected chi connectivity index (χ2v) is 8.26. The minimum Gasteiger partial charge on any atom is -0.491 e. The van der Waals surface area contributed by atoms with E-state index >= 15 is 0 Å². The van der Waals surface area contributed by atoms with E-state index in [1.54, 1.807) is 0 Å². The molecule has 0 saturated heterocycles. The molecule has 4 nitrogen and oxygen atoms in total. The number of carbonyl (C=O) groups is 1. The lowest BCUT2D eigenvalue weighted by atomic mass is 10.0. The van der Waals surface area contributed by atoms with E-state index in [0.29, 0.717) is 18.2 Å². The van der Waals surface area contributed by atoms with Gasteiger partial charge < -0.3 is 14.8 Å². The standard InChI is InChI=1S/C23H30BrNO3/c1-16(2)19-10-11-22(21(24)14-19)27-15-23(26)25-12-6-8-18-7-5-9-20(13-18)28-17(3)4/h5,7,9-11,13-14,16-17H,6,8,12,15H2,1-4H3,(H,25,26). The number of ether oxygens (including phenoxy) is 2. The predicted octanol–water partition coefficient (Wildman–Crippen LogP) is 5.49. The number of rotatable bonds is 10. The Labute approximate surface area is 176 Å². The summed E-state index contributed by atoms with van der Waals surface area (Å²) in [7, 11) is 0. The molecule has 0 fully saturated rings. The number of hydrogen-bond donors (Lipinski definition) is 1. The van der Waals surface area contributed by atoms with Crippen LogP contribution in [0.4, 0.5) is 0 Å². The lowest BCUT2D eigenvalue weighted by Gasteiger charge is -2.12. The van der Waals surface area contributed by atoms with Gasteiger partial charge in [-0.15, -0.1) is 0 Å². The molecule has 2 aromatic rings. The third kappa shape index (κ3) is 7.55. The van der Waals surface area contributed by atoms with Gasteiger partial charge in [0.25, 0.3) is 5.91 Å². The zero-order valence-corrected chi connectivity index (χ0v) is 18.7. The molecule has 5 heteroatoms. The molecule has 0 atom stereocenters. The van der Waals surface area contributed by atoms with Crippen LogP contribution in [0.2, 0.25) is 0 Å². The summed E-state index contributed by atoms with van der Waals surface area (Å²) in [5, 5.41) is 2.91. The molecular formula is C23H30BrNO3. The molecule has 0 spiro atoms. The summed E-state index contributed by atoms with van der Waals surface area (Å²) < 4.78 is 12.2. The number of aryl methyl sites for hydroxylation is 1. The van der Waals surface area contributed by atoms with Gasteiger partial charge in [-0.3, -0.25) is 4.79 Å². The number of carbonyl (C=O) groups excluding carboxylic acids is 1. The van der Waals surface area contributed by atoms with Gasteiger partial charge in [-0.05, 0) is 83.9 Å². The Kier molecular flexibility index (Phi) is 8.84. The van der Waals surface area contributed by atoms with Crippen molar-refractivity contribution in [3.8, 4) is 11.5 Å². The minimum atomic E-state index is -0.114. The normalized spacial score (nSPS) is 11.0. The maximum atomic E-state index is 12.0. The highest BCUT2D eigenvalue weighted by atomic mass is 79.9. The van der Waals surface area contributed by atoms with Gasteiger partial charge in [0.1, 0.15) is 11.5 Å². The summed E-state index contributed by atoms with van der Waals surface area (Å²) in [4.78, 5) is 12.0. The van der Waals surface area contributed by atoms with Crippen molar-refractivity contribution >= 4 is 21.8 Å². The van der Waals surface area contributed by atoms with E-state index in [1.807, 2.05) is 44.2 Å². The second kappa shape index (κ2) is 11.1. The van der Waals surface area contributed by atoms with Crippen molar-refractivity contribution in [2.24, 2.45) is 0 Å². The van der Waals surface area contributed by atoms with Crippen LogP contribution in [0.15, 0.2) is 46.9 Å². The Morgan fingerprint density at radius 1 is 1.11 bits per heavy atom. The average Bonchev–Trinajstić information content (AvgIpc) is 2.64. The van der Waals surface area contributed by atoms with Crippen molar-refractivity contribution in [3.05, 3.63) is 58.1 Å². The van der Waals surface area contributed by atoms with Crippen molar-refractivity contribution in [1.82, 2.24) is 5.32 Å². The van der Waals surface area contributed by atoms with Crippen LogP contribution in [-0.2, 0) is 11.2 Å². The summed E-state index contributed by atoms with van der Waals surface area (Å²) >= 11 is 3.51. The zero-order chi connectivity index (χ0) is 20.5. The van der Waals surface area contributed by atoms with Crippen molar-refractivity contribution < 1.29 is 14.3 Å². The van der Waals surface area contributed by atoms with Crippen LogP contribution in [-0.4, -0.2) is 25.2 Å². The second-order valence-electron chi connectivity index (χ2n) is 7.40. The molecule has 1 N–H and O–H groups in total. The van der Waals surface area contributed by atoms with E-state index in [4.69, 9.17) is 9.47 Å².